The molecule has 22 heavy (non-hydrogen) atoms. The summed E-state index contributed by atoms with van der Waals surface area (Å²) in [5.41, 5.74) is 3.33. The standard InChI is InChI=1S/C17H16N4O/c1-21-12-18-10-16(21)15-7-14(11-22)8-17(20-15)19-9-13-5-3-2-4-6-13/h2-8,10-12H,9H2,1H3,(H,19,20). The average Bonchev–Trinajstić information content (AvgIpc) is 2.99. The van der Waals surface area contributed by atoms with Gasteiger partial charge in [-0.2, -0.15) is 0 Å². The Kier molecular flexibility index (Phi) is 3.96. The zero-order chi connectivity index (χ0) is 15.4. The molecule has 3 aromatic rings. The van der Waals surface area contributed by atoms with Crippen molar-refractivity contribution in [1.29, 1.82) is 0 Å². The summed E-state index contributed by atoms with van der Waals surface area (Å²) in [5, 5.41) is 3.26. The summed E-state index contributed by atoms with van der Waals surface area (Å²) in [4.78, 5) is 19.8. The van der Waals surface area contributed by atoms with E-state index in [4.69, 9.17) is 0 Å². The molecule has 1 N–H and O–H groups in total. The van der Waals surface area contributed by atoms with Crippen LogP contribution in [0.25, 0.3) is 11.4 Å². The zero-order valence-corrected chi connectivity index (χ0v) is 12.2. The number of nitrogens with zero attached hydrogens (tertiary/aromatic N) is 3. The Labute approximate surface area is 128 Å². The normalized spacial score (nSPS) is 10.4. The van der Waals surface area contributed by atoms with Crippen molar-refractivity contribution >= 4 is 12.1 Å². The molecule has 3 rings (SSSR count). The van der Waals surface area contributed by atoms with Gasteiger partial charge in [0.1, 0.15) is 12.1 Å². The van der Waals surface area contributed by atoms with Crippen molar-refractivity contribution < 1.29 is 4.79 Å². The summed E-state index contributed by atoms with van der Waals surface area (Å²) in [6, 6.07) is 13.6. The number of aryl methyl sites for hydroxylation is 1. The maximum atomic E-state index is 11.2. The van der Waals surface area contributed by atoms with Crippen LogP contribution in [0.4, 0.5) is 5.82 Å². The predicted molar refractivity (Wildman–Crippen MR) is 85.6 cm³/mol. The zero-order valence-electron chi connectivity index (χ0n) is 12.2. The van der Waals surface area contributed by atoms with Crippen LogP contribution >= 0.6 is 0 Å². The van der Waals surface area contributed by atoms with Crippen LogP contribution in [-0.4, -0.2) is 20.8 Å². The molecule has 5 heteroatoms. The molecule has 0 atom stereocenters. The molecule has 0 spiro atoms. The van der Waals surface area contributed by atoms with Gasteiger partial charge in [0, 0.05) is 19.2 Å². The van der Waals surface area contributed by atoms with Crippen molar-refractivity contribution in [1.82, 2.24) is 14.5 Å². The first-order valence-corrected chi connectivity index (χ1v) is 6.98. The molecule has 0 aliphatic heterocycles. The number of imidazole rings is 1. The molecule has 0 aliphatic carbocycles. The Hall–Kier alpha value is -2.95. The highest BCUT2D eigenvalue weighted by molar-refractivity contribution is 5.79. The van der Waals surface area contributed by atoms with E-state index in [2.05, 4.69) is 15.3 Å². The lowest BCUT2D eigenvalue weighted by Gasteiger charge is -2.09. The minimum absolute atomic E-state index is 0.585. The summed E-state index contributed by atoms with van der Waals surface area (Å²) in [7, 11) is 1.90. The van der Waals surface area contributed by atoms with E-state index in [0.717, 1.165) is 23.2 Å². The number of aldehydes is 1. The van der Waals surface area contributed by atoms with E-state index in [1.165, 1.54) is 0 Å². The molecule has 0 amide bonds. The lowest BCUT2D eigenvalue weighted by atomic mass is 10.2. The first-order chi connectivity index (χ1) is 10.8. The Balaban J connectivity index is 1.88. The fourth-order valence-corrected chi connectivity index (χ4v) is 2.23. The SMILES string of the molecule is Cn1cncc1-c1cc(C=O)cc(NCc2ccccc2)n1. The van der Waals surface area contributed by atoms with E-state index in [0.29, 0.717) is 17.9 Å². The van der Waals surface area contributed by atoms with Crippen LogP contribution in [0.15, 0.2) is 55.0 Å². The Morgan fingerprint density at radius 3 is 2.73 bits per heavy atom. The highest BCUT2D eigenvalue weighted by Crippen LogP contribution is 2.20. The summed E-state index contributed by atoms with van der Waals surface area (Å²) < 4.78 is 1.87. The van der Waals surface area contributed by atoms with Gasteiger partial charge in [-0.15, -0.1) is 0 Å². The van der Waals surface area contributed by atoms with Gasteiger partial charge in [-0.05, 0) is 17.7 Å². The van der Waals surface area contributed by atoms with Crippen LogP contribution in [0, 0.1) is 0 Å². The van der Waals surface area contributed by atoms with Crippen molar-refractivity contribution in [3.63, 3.8) is 0 Å². The van der Waals surface area contributed by atoms with Gasteiger partial charge in [0.2, 0.25) is 0 Å². The molecular formula is C17H16N4O. The number of rotatable bonds is 5. The van der Waals surface area contributed by atoms with Gasteiger partial charge in [0.25, 0.3) is 0 Å². The van der Waals surface area contributed by atoms with Crippen LogP contribution in [0.3, 0.4) is 0 Å². The van der Waals surface area contributed by atoms with E-state index in [-0.39, 0.29) is 0 Å². The highest BCUT2D eigenvalue weighted by atomic mass is 16.1. The topological polar surface area (TPSA) is 59.8 Å². The fourth-order valence-electron chi connectivity index (χ4n) is 2.23. The van der Waals surface area contributed by atoms with Crippen molar-refractivity contribution in [2.24, 2.45) is 7.05 Å². The number of benzene rings is 1. The molecule has 0 aliphatic rings. The van der Waals surface area contributed by atoms with Crippen molar-refractivity contribution in [3.8, 4) is 11.4 Å². The number of carbonyl (C=O) groups excluding carboxylic acids is 1. The average molecular weight is 292 g/mol. The van der Waals surface area contributed by atoms with Crippen molar-refractivity contribution in [3.05, 3.63) is 66.1 Å². The Morgan fingerprint density at radius 1 is 1.23 bits per heavy atom. The van der Waals surface area contributed by atoms with E-state index < -0.39 is 0 Å². The smallest absolute Gasteiger partial charge is 0.150 e. The number of aromatic nitrogens is 3. The van der Waals surface area contributed by atoms with Gasteiger partial charge in [-0.25, -0.2) is 9.97 Å². The first kappa shape index (κ1) is 14.0. The third kappa shape index (κ3) is 3.03. The monoisotopic (exact) mass is 292 g/mol. The van der Waals surface area contributed by atoms with Gasteiger partial charge in [-0.1, -0.05) is 30.3 Å². The summed E-state index contributed by atoms with van der Waals surface area (Å²) >= 11 is 0. The van der Waals surface area contributed by atoms with Crippen molar-refractivity contribution in [2.45, 2.75) is 6.54 Å². The number of nitrogens with one attached hydrogen (secondary N) is 1. The van der Waals surface area contributed by atoms with Crippen LogP contribution in [0.5, 0.6) is 0 Å². The van der Waals surface area contributed by atoms with E-state index in [9.17, 15) is 4.79 Å². The maximum absolute atomic E-state index is 11.2. The van der Waals surface area contributed by atoms with Crippen LogP contribution in [0.2, 0.25) is 0 Å². The lowest BCUT2D eigenvalue weighted by Crippen LogP contribution is -2.03. The molecule has 0 saturated heterocycles. The summed E-state index contributed by atoms with van der Waals surface area (Å²) in [5.74, 6) is 0.671. The predicted octanol–water partition coefficient (Wildman–Crippen LogP) is 2.91. The van der Waals surface area contributed by atoms with Gasteiger partial charge in [0.15, 0.2) is 0 Å². The first-order valence-electron chi connectivity index (χ1n) is 6.98. The summed E-state index contributed by atoms with van der Waals surface area (Å²) in [6.45, 7) is 0.654. The van der Waals surface area contributed by atoms with E-state index in [1.807, 2.05) is 41.9 Å². The molecule has 0 radical (unpaired) electrons. The third-order valence-electron chi connectivity index (χ3n) is 3.38. The number of carbonyl (C=O) groups is 1. The highest BCUT2D eigenvalue weighted by Gasteiger charge is 2.08. The molecule has 0 fully saturated rings. The lowest BCUT2D eigenvalue weighted by molar-refractivity contribution is 0.112. The van der Waals surface area contributed by atoms with Gasteiger partial charge < -0.3 is 9.88 Å². The van der Waals surface area contributed by atoms with E-state index in [1.54, 1.807) is 24.7 Å². The molecule has 5 nitrogen and oxygen atoms in total. The molecular weight excluding hydrogens is 276 g/mol. The molecule has 0 bridgehead atoms. The third-order valence-corrected chi connectivity index (χ3v) is 3.38. The van der Waals surface area contributed by atoms with Gasteiger partial charge in [0.05, 0.1) is 23.9 Å². The molecule has 0 saturated carbocycles. The van der Waals surface area contributed by atoms with Gasteiger partial charge >= 0.3 is 0 Å². The molecule has 110 valence electrons. The second-order valence-corrected chi connectivity index (χ2v) is 5.02. The van der Waals surface area contributed by atoms with E-state index >= 15 is 0 Å². The fraction of sp³-hybridized carbons (Fsp3) is 0.118. The number of hydrogen-bond acceptors (Lipinski definition) is 4. The molecule has 0 unspecified atom stereocenters. The second kappa shape index (κ2) is 6.22. The van der Waals surface area contributed by atoms with Crippen LogP contribution in [0.1, 0.15) is 15.9 Å². The number of pyridine rings is 1. The van der Waals surface area contributed by atoms with Crippen LogP contribution in [-0.2, 0) is 13.6 Å². The van der Waals surface area contributed by atoms with Gasteiger partial charge in [-0.3, -0.25) is 4.79 Å². The van der Waals surface area contributed by atoms with Crippen LogP contribution < -0.4 is 5.32 Å². The number of hydrogen-bond donors (Lipinski definition) is 1. The second-order valence-electron chi connectivity index (χ2n) is 5.02. The number of anilines is 1. The Bertz CT molecular complexity index is 780. The minimum Gasteiger partial charge on any atom is -0.366 e. The molecule has 2 heterocycles. The van der Waals surface area contributed by atoms with Crippen molar-refractivity contribution in [2.75, 3.05) is 5.32 Å². The molecule has 2 aromatic heterocycles. The minimum atomic E-state index is 0.585. The largest absolute Gasteiger partial charge is 0.366 e. The Morgan fingerprint density at radius 2 is 2.05 bits per heavy atom. The quantitative estimate of drug-likeness (QED) is 0.735. The summed E-state index contributed by atoms with van der Waals surface area (Å²) in [6.07, 6.45) is 4.27. The molecule has 1 aromatic carbocycles. The maximum Gasteiger partial charge on any atom is 0.150 e.